The first kappa shape index (κ1) is 43.1. The average Bonchev–Trinajstić information content (AvgIpc) is 3.19. The van der Waals surface area contributed by atoms with E-state index in [9.17, 15) is 20.1 Å². The van der Waals surface area contributed by atoms with Gasteiger partial charge in [-0.3, -0.25) is 4.79 Å². The first-order valence-electron chi connectivity index (χ1n) is 20.1. The monoisotopic (exact) mass is 764 g/mol. The molecule has 54 heavy (non-hydrogen) atoms. The van der Waals surface area contributed by atoms with Gasteiger partial charge in [-0.25, -0.2) is 0 Å². The SMILES string of the molecule is CC[C@H]1OC(=O)[C@H](C)[C@H]2OC3(CCN(c4ccc(C)nn4)CC3)O[C@](C)(C[C@@H](C)CN(C)[C@H](C)[C@@H](O)[C@]1(C)O)[C@H](O[C@@H]1O[C@H](C)CC(N(C)C)[C@H]1O)[C@H]2C. The molecular formula is C40H69N5O9. The molecule has 14 heteroatoms. The van der Waals surface area contributed by atoms with E-state index in [1.807, 2.05) is 77.7 Å². The number of aryl methyl sites for hydroxylation is 1. The molecule has 4 aliphatic heterocycles. The summed E-state index contributed by atoms with van der Waals surface area (Å²) < 4.78 is 34.1. The summed E-state index contributed by atoms with van der Waals surface area (Å²) >= 11 is 0. The highest BCUT2D eigenvalue weighted by atomic mass is 16.7. The largest absolute Gasteiger partial charge is 0.459 e. The fourth-order valence-electron chi connectivity index (χ4n) is 9.56. The number of piperidine rings is 1. The molecule has 3 N–H and O–H groups in total. The van der Waals surface area contributed by atoms with Gasteiger partial charge in [0.25, 0.3) is 0 Å². The van der Waals surface area contributed by atoms with Crippen molar-refractivity contribution in [2.24, 2.45) is 17.8 Å². The third-order valence-corrected chi connectivity index (χ3v) is 12.8. The summed E-state index contributed by atoms with van der Waals surface area (Å²) in [5.74, 6) is -2.10. The number of ether oxygens (including phenoxy) is 5. The molecule has 0 amide bonds. The predicted molar refractivity (Wildman–Crippen MR) is 204 cm³/mol. The van der Waals surface area contributed by atoms with E-state index >= 15 is 0 Å². The van der Waals surface area contributed by atoms with E-state index in [0.717, 1.165) is 11.5 Å². The lowest BCUT2D eigenvalue weighted by molar-refractivity contribution is -0.328. The molecule has 14 nitrogen and oxygen atoms in total. The molecule has 4 fully saturated rings. The molecule has 0 saturated carbocycles. The maximum Gasteiger partial charge on any atom is 0.311 e. The second kappa shape index (κ2) is 16.8. The Bertz CT molecular complexity index is 1390. The number of aliphatic hydroxyl groups excluding tert-OH is 2. The number of likely N-dealkylation sites (N-methyl/N-ethyl adjacent to an activating group) is 2. The van der Waals surface area contributed by atoms with Crippen LogP contribution >= 0.6 is 0 Å². The Morgan fingerprint density at radius 3 is 2.31 bits per heavy atom. The Balaban J connectivity index is 1.60. The minimum absolute atomic E-state index is 0.0162. The van der Waals surface area contributed by atoms with Gasteiger partial charge in [0.15, 0.2) is 17.9 Å². The zero-order valence-corrected chi connectivity index (χ0v) is 34.8. The Morgan fingerprint density at radius 1 is 1.06 bits per heavy atom. The van der Waals surface area contributed by atoms with Crippen LogP contribution in [0.2, 0.25) is 0 Å². The summed E-state index contributed by atoms with van der Waals surface area (Å²) in [5.41, 5.74) is -1.86. The van der Waals surface area contributed by atoms with Crippen LogP contribution in [0.4, 0.5) is 5.82 Å². The minimum Gasteiger partial charge on any atom is -0.459 e. The van der Waals surface area contributed by atoms with Crippen LogP contribution in [-0.4, -0.2) is 154 Å². The van der Waals surface area contributed by atoms with Crippen molar-refractivity contribution in [3.63, 3.8) is 0 Å². The molecule has 0 aliphatic carbocycles. The van der Waals surface area contributed by atoms with Crippen molar-refractivity contribution in [3.8, 4) is 0 Å². The topological polar surface area (TPSA) is 159 Å². The number of nitrogens with zero attached hydrogens (tertiary/aromatic N) is 5. The van der Waals surface area contributed by atoms with Gasteiger partial charge in [-0.2, -0.15) is 5.10 Å². The van der Waals surface area contributed by atoms with Gasteiger partial charge in [0.2, 0.25) is 0 Å². The summed E-state index contributed by atoms with van der Waals surface area (Å²) in [5, 5.41) is 43.7. The summed E-state index contributed by atoms with van der Waals surface area (Å²) in [4.78, 5) is 20.5. The van der Waals surface area contributed by atoms with Crippen LogP contribution in [0.25, 0.3) is 0 Å². The highest BCUT2D eigenvalue weighted by Gasteiger charge is 2.58. The van der Waals surface area contributed by atoms with Crippen LogP contribution in [0.15, 0.2) is 12.1 Å². The van der Waals surface area contributed by atoms with E-state index in [0.29, 0.717) is 51.7 Å². The maximum atomic E-state index is 14.3. The highest BCUT2D eigenvalue weighted by Crippen LogP contribution is 2.48. The lowest BCUT2D eigenvalue weighted by atomic mass is 9.78. The Kier molecular flexibility index (Phi) is 13.4. The van der Waals surface area contributed by atoms with Crippen molar-refractivity contribution in [2.45, 2.75) is 166 Å². The normalized spacial score (nSPS) is 43.0. The van der Waals surface area contributed by atoms with Gasteiger partial charge in [-0.1, -0.05) is 20.8 Å². The number of cyclic esters (lactones) is 1. The quantitative estimate of drug-likeness (QED) is 0.376. The molecule has 1 spiro atoms. The molecule has 5 heterocycles. The number of esters is 1. The smallest absolute Gasteiger partial charge is 0.311 e. The van der Waals surface area contributed by atoms with Crippen molar-refractivity contribution in [1.82, 2.24) is 20.0 Å². The van der Waals surface area contributed by atoms with E-state index in [1.165, 1.54) is 0 Å². The third kappa shape index (κ3) is 8.92. The van der Waals surface area contributed by atoms with Crippen molar-refractivity contribution in [2.75, 3.05) is 45.7 Å². The fraction of sp³-hybridized carbons (Fsp3) is 0.875. The second-order valence-corrected chi connectivity index (χ2v) is 17.7. The number of hydrogen-bond donors (Lipinski definition) is 3. The number of rotatable bonds is 5. The minimum atomic E-state index is -1.72. The fourth-order valence-corrected chi connectivity index (χ4v) is 9.56. The van der Waals surface area contributed by atoms with Crippen LogP contribution in [0.1, 0.15) is 93.2 Å². The van der Waals surface area contributed by atoms with E-state index < -0.39 is 77.6 Å². The zero-order chi connectivity index (χ0) is 39.9. The number of aliphatic hydroxyl groups is 3. The highest BCUT2D eigenvalue weighted by molar-refractivity contribution is 5.73. The predicted octanol–water partition coefficient (Wildman–Crippen LogP) is 3.13. The summed E-state index contributed by atoms with van der Waals surface area (Å²) in [6, 6.07) is 3.28. The summed E-state index contributed by atoms with van der Waals surface area (Å²) in [6.07, 6.45) is -3.20. The van der Waals surface area contributed by atoms with E-state index in [1.54, 1.807) is 13.8 Å². The number of carbonyl (C=O) groups excluding carboxylic acids is 1. The third-order valence-electron chi connectivity index (χ3n) is 12.8. The van der Waals surface area contributed by atoms with Gasteiger partial charge in [-0.15, -0.1) is 5.10 Å². The second-order valence-electron chi connectivity index (χ2n) is 17.7. The van der Waals surface area contributed by atoms with Crippen molar-refractivity contribution < 1.29 is 43.8 Å². The van der Waals surface area contributed by atoms with E-state index in [-0.39, 0.29) is 18.1 Å². The van der Waals surface area contributed by atoms with Crippen LogP contribution in [0.3, 0.4) is 0 Å². The average molecular weight is 764 g/mol. The van der Waals surface area contributed by atoms with Gasteiger partial charge in [0.05, 0.1) is 35.5 Å². The molecule has 4 aliphatic rings. The number of anilines is 1. The molecule has 308 valence electrons. The summed E-state index contributed by atoms with van der Waals surface area (Å²) in [6.45, 7) is 18.9. The number of hydrogen-bond acceptors (Lipinski definition) is 14. The lowest BCUT2D eigenvalue weighted by Gasteiger charge is -2.49. The molecule has 1 unspecified atom stereocenters. The Hall–Kier alpha value is -2.01. The van der Waals surface area contributed by atoms with E-state index in [2.05, 4.69) is 28.9 Å². The maximum absolute atomic E-state index is 14.3. The van der Waals surface area contributed by atoms with Gasteiger partial charge in [-0.05, 0) is 100.0 Å². The van der Waals surface area contributed by atoms with Gasteiger partial charge in [0, 0.05) is 50.5 Å². The van der Waals surface area contributed by atoms with Crippen LogP contribution in [0.5, 0.6) is 0 Å². The number of carbonyl (C=O) groups is 1. The van der Waals surface area contributed by atoms with Crippen LogP contribution in [-0.2, 0) is 28.5 Å². The first-order chi connectivity index (χ1) is 25.2. The van der Waals surface area contributed by atoms with E-state index in [4.69, 9.17) is 23.7 Å². The molecule has 14 atom stereocenters. The molecule has 4 saturated heterocycles. The van der Waals surface area contributed by atoms with Gasteiger partial charge >= 0.3 is 5.97 Å². The van der Waals surface area contributed by atoms with Crippen LogP contribution < -0.4 is 4.90 Å². The Labute approximate surface area is 322 Å². The van der Waals surface area contributed by atoms with Crippen molar-refractivity contribution >= 4 is 11.8 Å². The van der Waals surface area contributed by atoms with Crippen molar-refractivity contribution in [3.05, 3.63) is 17.8 Å². The molecule has 0 radical (unpaired) electrons. The Morgan fingerprint density at radius 2 is 1.72 bits per heavy atom. The molecule has 0 aromatic carbocycles. The number of aromatic nitrogens is 2. The molecular weight excluding hydrogens is 694 g/mol. The van der Waals surface area contributed by atoms with Crippen molar-refractivity contribution in [1.29, 1.82) is 0 Å². The van der Waals surface area contributed by atoms with Gasteiger partial charge < -0.3 is 53.7 Å². The first-order valence-corrected chi connectivity index (χ1v) is 20.1. The molecule has 5 rings (SSSR count). The van der Waals surface area contributed by atoms with Crippen LogP contribution in [0, 0.1) is 24.7 Å². The standard InChI is InChI=1S/C40H69N5O9/c1-13-30-39(9,49)34(47)28(7)44(12)22-23(2)21-38(8)35(52-37-32(46)29(43(10)11)20-25(4)50-37)26(5)33(27(6)36(48)51-30)53-40(54-38)16-18-45(19-17-40)31-15-14-24(3)41-42-31/h14-15,23,25-30,32-35,37,46-47,49H,13,16-22H2,1-12H3/t23-,25-,26+,27-,28-,29?,30-,32-,33+,34-,35-,37+,38-,39-/m1/s1. The molecule has 1 aromatic rings. The van der Waals surface area contributed by atoms with Gasteiger partial charge in [0.1, 0.15) is 23.9 Å². The molecule has 2 bridgehead atoms. The number of fused-ring (bicyclic) bond motifs is 3. The molecule has 1 aromatic heterocycles. The summed E-state index contributed by atoms with van der Waals surface area (Å²) in [7, 11) is 5.83. The lowest BCUT2D eigenvalue weighted by Crippen LogP contribution is -2.60. The zero-order valence-electron chi connectivity index (χ0n) is 34.8.